The van der Waals surface area contributed by atoms with E-state index in [1.54, 1.807) is 11.0 Å². The Kier molecular flexibility index (Phi) is 6.29. The molecule has 1 fully saturated rings. The van der Waals surface area contributed by atoms with Gasteiger partial charge in [0.05, 0.1) is 17.9 Å². The third-order valence-corrected chi connectivity index (χ3v) is 5.20. The third-order valence-electron chi connectivity index (χ3n) is 5.20. The standard InChI is InChI=1S/C21H27N3O3/c1-23(2)19(16-6-4-3-5-7-16)14-22-20(25)17-8-11-24(12-9-17)21(26)18-10-13-27-15-18/h3-7,10,13,15,17,19H,8-9,11-12,14H2,1-2H3,(H,22,25). The Morgan fingerprint density at radius 1 is 1.19 bits per heavy atom. The molecular weight excluding hydrogens is 342 g/mol. The second-order valence-corrected chi connectivity index (χ2v) is 7.21. The van der Waals surface area contributed by atoms with E-state index >= 15 is 0 Å². The van der Waals surface area contributed by atoms with Crippen LogP contribution in [-0.2, 0) is 4.79 Å². The molecule has 2 aromatic rings. The van der Waals surface area contributed by atoms with E-state index in [1.807, 2.05) is 32.3 Å². The number of hydrogen-bond acceptors (Lipinski definition) is 4. The first-order chi connectivity index (χ1) is 13.1. The van der Waals surface area contributed by atoms with Crippen molar-refractivity contribution in [3.63, 3.8) is 0 Å². The van der Waals surface area contributed by atoms with Crippen LogP contribution < -0.4 is 5.32 Å². The maximum absolute atomic E-state index is 12.6. The number of likely N-dealkylation sites (tertiary alicyclic amines) is 1. The first kappa shape index (κ1) is 19.2. The molecule has 0 saturated carbocycles. The van der Waals surface area contributed by atoms with E-state index in [0.29, 0.717) is 38.0 Å². The van der Waals surface area contributed by atoms with E-state index in [2.05, 4.69) is 22.3 Å². The van der Waals surface area contributed by atoms with Crippen LogP contribution in [0.1, 0.15) is 34.8 Å². The van der Waals surface area contributed by atoms with Crippen molar-refractivity contribution in [1.82, 2.24) is 15.1 Å². The number of carbonyl (C=O) groups is 2. The summed E-state index contributed by atoms with van der Waals surface area (Å²) in [6.45, 7) is 1.76. The van der Waals surface area contributed by atoms with Gasteiger partial charge in [0.15, 0.2) is 0 Å². The Balaban J connectivity index is 1.50. The monoisotopic (exact) mass is 369 g/mol. The topological polar surface area (TPSA) is 65.8 Å². The van der Waals surface area contributed by atoms with Crippen LogP contribution in [0.5, 0.6) is 0 Å². The summed E-state index contributed by atoms with van der Waals surface area (Å²) in [5, 5.41) is 3.10. The Morgan fingerprint density at radius 2 is 1.89 bits per heavy atom. The first-order valence-electron chi connectivity index (χ1n) is 9.37. The Labute approximate surface area is 160 Å². The molecule has 2 heterocycles. The largest absolute Gasteiger partial charge is 0.472 e. The zero-order chi connectivity index (χ0) is 19.2. The molecule has 6 nitrogen and oxygen atoms in total. The number of rotatable bonds is 6. The van der Waals surface area contributed by atoms with Crippen LogP contribution >= 0.6 is 0 Å². The summed E-state index contributed by atoms with van der Waals surface area (Å²) in [6, 6.07) is 12.0. The summed E-state index contributed by atoms with van der Waals surface area (Å²) in [7, 11) is 4.04. The highest BCUT2D eigenvalue weighted by Gasteiger charge is 2.28. The van der Waals surface area contributed by atoms with E-state index < -0.39 is 0 Å². The Bertz CT molecular complexity index is 735. The molecular formula is C21H27N3O3. The fourth-order valence-corrected chi connectivity index (χ4v) is 3.53. The number of carbonyl (C=O) groups excluding carboxylic acids is 2. The van der Waals surface area contributed by atoms with Gasteiger partial charge in [-0.15, -0.1) is 0 Å². The second-order valence-electron chi connectivity index (χ2n) is 7.21. The van der Waals surface area contributed by atoms with Crippen molar-refractivity contribution in [3.8, 4) is 0 Å². The van der Waals surface area contributed by atoms with Gasteiger partial charge in [-0.3, -0.25) is 9.59 Å². The minimum Gasteiger partial charge on any atom is -0.472 e. The smallest absolute Gasteiger partial charge is 0.257 e. The van der Waals surface area contributed by atoms with E-state index in [4.69, 9.17) is 4.42 Å². The van der Waals surface area contributed by atoms with E-state index in [-0.39, 0.29) is 23.8 Å². The fraction of sp³-hybridized carbons (Fsp3) is 0.429. The Morgan fingerprint density at radius 3 is 2.48 bits per heavy atom. The maximum atomic E-state index is 12.6. The van der Waals surface area contributed by atoms with Gasteiger partial charge in [0.2, 0.25) is 5.91 Å². The average molecular weight is 369 g/mol. The van der Waals surface area contributed by atoms with Gasteiger partial charge in [-0.05, 0) is 38.6 Å². The molecule has 2 amide bonds. The number of nitrogens with one attached hydrogen (secondary N) is 1. The van der Waals surface area contributed by atoms with Gasteiger partial charge in [0.1, 0.15) is 6.26 Å². The minimum absolute atomic E-state index is 0.0284. The maximum Gasteiger partial charge on any atom is 0.257 e. The predicted molar refractivity (Wildman–Crippen MR) is 103 cm³/mol. The molecule has 3 rings (SSSR count). The van der Waals surface area contributed by atoms with Gasteiger partial charge >= 0.3 is 0 Å². The molecule has 144 valence electrons. The van der Waals surface area contributed by atoms with Gasteiger partial charge in [0.25, 0.3) is 5.91 Å². The normalized spacial score (nSPS) is 16.3. The van der Waals surface area contributed by atoms with Crippen molar-refractivity contribution in [2.75, 3.05) is 33.7 Å². The van der Waals surface area contributed by atoms with Crippen molar-refractivity contribution < 1.29 is 14.0 Å². The van der Waals surface area contributed by atoms with E-state index in [9.17, 15) is 9.59 Å². The number of nitrogens with zero attached hydrogens (tertiary/aromatic N) is 2. The highest BCUT2D eigenvalue weighted by atomic mass is 16.3. The molecule has 1 aliphatic rings. The number of amides is 2. The van der Waals surface area contributed by atoms with Gasteiger partial charge in [-0.1, -0.05) is 30.3 Å². The molecule has 0 spiro atoms. The average Bonchev–Trinajstić information content (AvgIpc) is 3.23. The molecule has 1 aromatic carbocycles. The molecule has 1 aliphatic heterocycles. The predicted octanol–water partition coefficient (Wildman–Crippen LogP) is 2.55. The molecule has 1 aromatic heterocycles. The summed E-state index contributed by atoms with van der Waals surface area (Å²) >= 11 is 0. The van der Waals surface area contributed by atoms with Crippen LogP contribution in [0.15, 0.2) is 53.3 Å². The quantitative estimate of drug-likeness (QED) is 0.850. The van der Waals surface area contributed by atoms with Crippen LogP contribution in [0, 0.1) is 5.92 Å². The molecule has 1 unspecified atom stereocenters. The van der Waals surface area contributed by atoms with Crippen LogP contribution in [0.2, 0.25) is 0 Å². The number of benzene rings is 1. The summed E-state index contributed by atoms with van der Waals surface area (Å²) in [5.74, 6) is 0.00420. The van der Waals surface area contributed by atoms with Crippen molar-refractivity contribution in [1.29, 1.82) is 0 Å². The minimum atomic E-state index is -0.0445. The zero-order valence-corrected chi connectivity index (χ0v) is 15.9. The number of furan rings is 1. The Hall–Kier alpha value is -2.60. The van der Waals surface area contributed by atoms with Crippen LogP contribution in [0.4, 0.5) is 0 Å². The zero-order valence-electron chi connectivity index (χ0n) is 15.9. The molecule has 1 N–H and O–H groups in total. The fourth-order valence-electron chi connectivity index (χ4n) is 3.53. The summed E-state index contributed by atoms with van der Waals surface area (Å²) in [6.07, 6.45) is 4.34. The van der Waals surface area contributed by atoms with Crippen LogP contribution in [0.25, 0.3) is 0 Å². The molecule has 6 heteroatoms. The van der Waals surface area contributed by atoms with Crippen LogP contribution in [0.3, 0.4) is 0 Å². The molecule has 0 aliphatic carbocycles. The van der Waals surface area contributed by atoms with E-state index in [1.165, 1.54) is 18.1 Å². The SMILES string of the molecule is CN(C)C(CNC(=O)C1CCN(C(=O)c2ccoc2)CC1)c1ccccc1. The van der Waals surface area contributed by atoms with Gasteiger partial charge < -0.3 is 19.5 Å². The molecule has 27 heavy (non-hydrogen) atoms. The lowest BCUT2D eigenvalue weighted by molar-refractivity contribution is -0.126. The number of hydrogen-bond donors (Lipinski definition) is 1. The summed E-state index contributed by atoms with van der Waals surface area (Å²) in [5.41, 5.74) is 1.75. The highest BCUT2D eigenvalue weighted by molar-refractivity contribution is 5.94. The van der Waals surface area contributed by atoms with Gasteiger partial charge in [-0.25, -0.2) is 0 Å². The summed E-state index contributed by atoms with van der Waals surface area (Å²) < 4.78 is 4.98. The van der Waals surface area contributed by atoms with Crippen molar-refractivity contribution in [2.45, 2.75) is 18.9 Å². The van der Waals surface area contributed by atoms with E-state index in [0.717, 1.165) is 0 Å². The molecule has 0 radical (unpaired) electrons. The lowest BCUT2D eigenvalue weighted by atomic mass is 9.95. The second kappa shape index (κ2) is 8.86. The molecule has 1 atom stereocenters. The molecule has 0 bridgehead atoms. The molecule has 1 saturated heterocycles. The summed E-state index contributed by atoms with van der Waals surface area (Å²) in [4.78, 5) is 28.9. The van der Waals surface area contributed by atoms with Gasteiger partial charge in [-0.2, -0.15) is 0 Å². The van der Waals surface area contributed by atoms with Gasteiger partial charge in [0, 0.05) is 25.6 Å². The number of likely N-dealkylation sites (N-methyl/N-ethyl adjacent to an activating group) is 1. The highest BCUT2D eigenvalue weighted by Crippen LogP contribution is 2.21. The lowest BCUT2D eigenvalue weighted by Gasteiger charge is -2.32. The lowest BCUT2D eigenvalue weighted by Crippen LogP contribution is -2.44. The van der Waals surface area contributed by atoms with Crippen LogP contribution in [-0.4, -0.2) is 55.3 Å². The van der Waals surface area contributed by atoms with Crippen molar-refractivity contribution in [2.24, 2.45) is 5.92 Å². The van der Waals surface area contributed by atoms with Crippen molar-refractivity contribution >= 4 is 11.8 Å². The van der Waals surface area contributed by atoms with Crippen molar-refractivity contribution in [3.05, 3.63) is 60.1 Å². The number of piperidine rings is 1. The third kappa shape index (κ3) is 4.77. The first-order valence-corrected chi connectivity index (χ1v) is 9.37.